The topological polar surface area (TPSA) is 70.7 Å². The van der Waals surface area contributed by atoms with E-state index >= 15 is 0 Å². The number of amides is 2. The molecular formula is C20H29N3O3. The highest BCUT2D eigenvalue weighted by Gasteiger charge is 2.17. The molecule has 26 heavy (non-hydrogen) atoms. The van der Waals surface area contributed by atoms with Crippen LogP contribution in [-0.4, -0.2) is 56.1 Å². The molecule has 3 rings (SSSR count). The summed E-state index contributed by atoms with van der Waals surface area (Å²) in [6, 6.07) is 7.59. The third-order valence-electron chi connectivity index (χ3n) is 5.20. The van der Waals surface area contributed by atoms with E-state index in [1.807, 2.05) is 29.2 Å². The number of rotatable bonds is 6. The van der Waals surface area contributed by atoms with Crippen LogP contribution in [0.1, 0.15) is 31.2 Å². The first-order valence-electron chi connectivity index (χ1n) is 9.66. The molecule has 0 saturated carbocycles. The number of anilines is 1. The number of nitrogens with one attached hydrogen (secondary N) is 2. The smallest absolute Gasteiger partial charge is 0.227 e. The minimum atomic E-state index is 0.0701. The Hall–Kier alpha value is -1.92. The Kier molecular flexibility index (Phi) is 7.03. The van der Waals surface area contributed by atoms with Crippen LogP contribution in [0, 0.1) is 5.92 Å². The van der Waals surface area contributed by atoms with Crippen molar-refractivity contribution >= 4 is 17.5 Å². The lowest BCUT2D eigenvalue weighted by molar-refractivity contribution is -0.134. The third-order valence-corrected chi connectivity index (χ3v) is 5.20. The summed E-state index contributed by atoms with van der Waals surface area (Å²) in [7, 11) is 0. The van der Waals surface area contributed by atoms with Gasteiger partial charge in [-0.1, -0.05) is 12.1 Å². The van der Waals surface area contributed by atoms with Gasteiger partial charge in [0.05, 0.1) is 19.6 Å². The zero-order valence-electron chi connectivity index (χ0n) is 15.3. The fourth-order valence-electron chi connectivity index (χ4n) is 3.53. The third kappa shape index (κ3) is 5.81. The Morgan fingerprint density at radius 2 is 1.81 bits per heavy atom. The molecule has 142 valence electrons. The van der Waals surface area contributed by atoms with Crippen LogP contribution in [-0.2, 0) is 20.7 Å². The minimum Gasteiger partial charge on any atom is -0.378 e. The molecule has 2 heterocycles. The molecule has 2 N–H and O–H groups in total. The average molecular weight is 359 g/mol. The number of piperidine rings is 1. The Bertz CT molecular complexity index is 591. The van der Waals surface area contributed by atoms with Crippen molar-refractivity contribution in [1.29, 1.82) is 0 Å². The van der Waals surface area contributed by atoms with E-state index in [4.69, 9.17) is 4.74 Å². The second kappa shape index (κ2) is 9.69. The van der Waals surface area contributed by atoms with Crippen molar-refractivity contribution in [2.24, 2.45) is 5.92 Å². The number of ether oxygens (including phenoxy) is 1. The Labute approximate surface area is 155 Å². The molecule has 0 aliphatic carbocycles. The van der Waals surface area contributed by atoms with Gasteiger partial charge >= 0.3 is 0 Å². The molecule has 1 aromatic carbocycles. The molecule has 0 unspecified atom stereocenters. The quantitative estimate of drug-likeness (QED) is 0.813. The Morgan fingerprint density at radius 3 is 2.50 bits per heavy atom. The van der Waals surface area contributed by atoms with Gasteiger partial charge in [-0.05, 0) is 56.0 Å². The summed E-state index contributed by atoms with van der Waals surface area (Å²) in [4.78, 5) is 26.2. The van der Waals surface area contributed by atoms with E-state index in [2.05, 4.69) is 10.6 Å². The predicted molar refractivity (Wildman–Crippen MR) is 101 cm³/mol. The molecule has 2 saturated heterocycles. The van der Waals surface area contributed by atoms with Crippen LogP contribution in [0.15, 0.2) is 24.3 Å². The molecule has 0 atom stereocenters. The van der Waals surface area contributed by atoms with Gasteiger partial charge < -0.3 is 20.3 Å². The summed E-state index contributed by atoms with van der Waals surface area (Å²) < 4.78 is 5.27. The van der Waals surface area contributed by atoms with Gasteiger partial charge in [-0.25, -0.2) is 0 Å². The van der Waals surface area contributed by atoms with Gasteiger partial charge in [-0.15, -0.1) is 0 Å². The molecule has 1 aromatic rings. The highest BCUT2D eigenvalue weighted by atomic mass is 16.5. The molecule has 2 amide bonds. The monoisotopic (exact) mass is 359 g/mol. The van der Waals surface area contributed by atoms with Gasteiger partial charge in [0.1, 0.15) is 0 Å². The first-order chi connectivity index (χ1) is 12.7. The second-order valence-corrected chi connectivity index (χ2v) is 7.15. The van der Waals surface area contributed by atoms with Crippen molar-refractivity contribution in [2.75, 3.05) is 44.7 Å². The summed E-state index contributed by atoms with van der Waals surface area (Å²) in [5, 5.41) is 6.31. The van der Waals surface area contributed by atoms with E-state index in [1.54, 1.807) is 0 Å². The van der Waals surface area contributed by atoms with E-state index in [-0.39, 0.29) is 11.8 Å². The molecule has 0 spiro atoms. The number of nitrogens with zero attached hydrogens (tertiary/aromatic N) is 1. The number of carbonyl (C=O) groups excluding carboxylic acids is 2. The summed E-state index contributed by atoms with van der Waals surface area (Å²) in [6.07, 6.45) is 4.25. The number of morpholine rings is 1. The van der Waals surface area contributed by atoms with Crippen molar-refractivity contribution in [3.63, 3.8) is 0 Å². The van der Waals surface area contributed by atoms with Crippen LogP contribution in [0.25, 0.3) is 0 Å². The number of hydrogen-bond donors (Lipinski definition) is 2. The number of hydrogen-bond acceptors (Lipinski definition) is 4. The highest BCUT2D eigenvalue weighted by Crippen LogP contribution is 2.18. The van der Waals surface area contributed by atoms with Crippen molar-refractivity contribution < 1.29 is 14.3 Å². The van der Waals surface area contributed by atoms with Crippen LogP contribution in [0.2, 0.25) is 0 Å². The summed E-state index contributed by atoms with van der Waals surface area (Å²) in [5.74, 6) is 0.864. The van der Waals surface area contributed by atoms with Gasteiger partial charge in [0, 0.05) is 25.2 Å². The fraction of sp³-hybridized carbons (Fsp3) is 0.600. The van der Waals surface area contributed by atoms with E-state index in [1.165, 1.54) is 12.8 Å². The molecular weight excluding hydrogens is 330 g/mol. The molecule has 2 aliphatic rings. The maximum atomic E-state index is 12.3. The number of carbonyl (C=O) groups is 2. The van der Waals surface area contributed by atoms with E-state index in [0.717, 1.165) is 30.8 Å². The molecule has 0 aromatic heterocycles. The van der Waals surface area contributed by atoms with Crippen LogP contribution in [0.4, 0.5) is 5.69 Å². The lowest BCUT2D eigenvalue weighted by Gasteiger charge is -2.26. The first-order valence-corrected chi connectivity index (χ1v) is 9.66. The fourth-order valence-corrected chi connectivity index (χ4v) is 3.53. The zero-order chi connectivity index (χ0) is 18.2. The van der Waals surface area contributed by atoms with Crippen molar-refractivity contribution in [2.45, 2.75) is 32.1 Å². The maximum Gasteiger partial charge on any atom is 0.227 e. The van der Waals surface area contributed by atoms with Gasteiger partial charge in [0.15, 0.2) is 0 Å². The second-order valence-electron chi connectivity index (χ2n) is 7.15. The normalized spacial score (nSPS) is 18.5. The SMILES string of the molecule is O=C(CCC1CCNCC1)Nc1ccc(CC(=O)N2CCOCC2)cc1. The average Bonchev–Trinajstić information content (AvgIpc) is 2.69. The van der Waals surface area contributed by atoms with Crippen LogP contribution in [0.3, 0.4) is 0 Å². The van der Waals surface area contributed by atoms with Crippen LogP contribution >= 0.6 is 0 Å². The molecule has 6 heteroatoms. The van der Waals surface area contributed by atoms with Crippen molar-refractivity contribution in [3.05, 3.63) is 29.8 Å². The van der Waals surface area contributed by atoms with Gasteiger partial charge in [-0.2, -0.15) is 0 Å². The van der Waals surface area contributed by atoms with E-state index in [9.17, 15) is 9.59 Å². The van der Waals surface area contributed by atoms with Crippen molar-refractivity contribution in [3.8, 4) is 0 Å². The van der Waals surface area contributed by atoms with Gasteiger partial charge in [-0.3, -0.25) is 9.59 Å². The predicted octanol–water partition coefficient (Wildman–Crippen LogP) is 1.81. The lowest BCUT2D eigenvalue weighted by Crippen LogP contribution is -2.41. The largest absolute Gasteiger partial charge is 0.378 e. The molecule has 2 aliphatic heterocycles. The number of benzene rings is 1. The van der Waals surface area contributed by atoms with Gasteiger partial charge in [0.2, 0.25) is 11.8 Å². The first kappa shape index (κ1) is 18.9. The molecule has 2 fully saturated rings. The van der Waals surface area contributed by atoms with Crippen LogP contribution < -0.4 is 10.6 Å². The molecule has 0 bridgehead atoms. The summed E-state index contributed by atoms with van der Waals surface area (Å²) in [6.45, 7) is 4.71. The van der Waals surface area contributed by atoms with E-state index in [0.29, 0.717) is 45.1 Å². The van der Waals surface area contributed by atoms with Crippen LogP contribution in [0.5, 0.6) is 0 Å². The van der Waals surface area contributed by atoms with Crippen molar-refractivity contribution in [1.82, 2.24) is 10.2 Å². The summed E-state index contributed by atoms with van der Waals surface area (Å²) >= 11 is 0. The molecule has 0 radical (unpaired) electrons. The highest BCUT2D eigenvalue weighted by molar-refractivity contribution is 5.90. The zero-order valence-corrected chi connectivity index (χ0v) is 15.3. The maximum absolute atomic E-state index is 12.3. The lowest BCUT2D eigenvalue weighted by atomic mass is 9.93. The standard InChI is InChI=1S/C20H29N3O3/c24-19(6-3-16-7-9-21-10-8-16)22-18-4-1-17(2-5-18)15-20(25)23-11-13-26-14-12-23/h1-2,4-5,16,21H,3,6-15H2,(H,22,24). The summed E-state index contributed by atoms with van der Waals surface area (Å²) in [5.41, 5.74) is 1.76. The van der Waals surface area contributed by atoms with E-state index < -0.39 is 0 Å². The molecule has 6 nitrogen and oxygen atoms in total. The minimum absolute atomic E-state index is 0.0701. The Balaban J connectivity index is 1.41. The Morgan fingerprint density at radius 1 is 1.12 bits per heavy atom. The van der Waals surface area contributed by atoms with Gasteiger partial charge in [0.25, 0.3) is 0 Å².